The predicted octanol–water partition coefficient (Wildman–Crippen LogP) is 2.70. The zero-order valence-corrected chi connectivity index (χ0v) is 12.9. The summed E-state index contributed by atoms with van der Waals surface area (Å²) < 4.78 is 5.70. The van der Waals surface area contributed by atoms with Crippen molar-refractivity contribution in [2.75, 3.05) is 6.54 Å². The van der Waals surface area contributed by atoms with Gasteiger partial charge in [-0.05, 0) is 44.7 Å². The second kappa shape index (κ2) is 7.82. The highest BCUT2D eigenvalue weighted by Gasteiger charge is 2.30. The highest BCUT2D eigenvalue weighted by atomic mass is 16.5. The summed E-state index contributed by atoms with van der Waals surface area (Å²) in [5.41, 5.74) is 0. The minimum atomic E-state index is -0.813. The van der Waals surface area contributed by atoms with E-state index in [2.05, 4.69) is 0 Å². The summed E-state index contributed by atoms with van der Waals surface area (Å²) in [5, 5.41) is 8.84. The second-order valence-electron chi connectivity index (χ2n) is 5.69. The van der Waals surface area contributed by atoms with E-state index in [9.17, 15) is 9.59 Å². The maximum absolute atomic E-state index is 12.6. The largest absolute Gasteiger partial charge is 0.481 e. The van der Waals surface area contributed by atoms with Gasteiger partial charge in [-0.15, -0.1) is 0 Å². The number of piperidine rings is 1. The molecule has 1 aromatic carbocycles. The molecule has 1 fully saturated rings. The van der Waals surface area contributed by atoms with E-state index in [0.717, 1.165) is 19.3 Å². The van der Waals surface area contributed by atoms with Crippen molar-refractivity contribution in [3.05, 3.63) is 30.3 Å². The van der Waals surface area contributed by atoms with Crippen molar-refractivity contribution in [3.63, 3.8) is 0 Å². The Balaban J connectivity index is 1.97. The number of hydrogen-bond donors (Lipinski definition) is 1. The molecule has 5 heteroatoms. The number of carboxylic acid groups (broad SMARTS) is 1. The second-order valence-corrected chi connectivity index (χ2v) is 5.69. The molecular weight excluding hydrogens is 282 g/mol. The number of carboxylic acids is 1. The van der Waals surface area contributed by atoms with E-state index in [1.54, 1.807) is 11.8 Å². The molecule has 1 saturated heterocycles. The highest BCUT2D eigenvalue weighted by Crippen LogP contribution is 2.23. The summed E-state index contributed by atoms with van der Waals surface area (Å²) in [5.74, 6) is -0.201. The summed E-state index contributed by atoms with van der Waals surface area (Å²) in [7, 11) is 0. The van der Waals surface area contributed by atoms with E-state index < -0.39 is 12.1 Å². The summed E-state index contributed by atoms with van der Waals surface area (Å²) in [6, 6.07) is 9.28. The first kappa shape index (κ1) is 16.3. The lowest BCUT2D eigenvalue weighted by Crippen LogP contribution is -2.49. The van der Waals surface area contributed by atoms with Crippen LogP contribution in [0.15, 0.2) is 30.3 Å². The van der Waals surface area contributed by atoms with Crippen molar-refractivity contribution in [2.45, 2.75) is 51.2 Å². The molecule has 0 spiro atoms. The smallest absolute Gasteiger partial charge is 0.303 e. The zero-order chi connectivity index (χ0) is 15.9. The molecule has 0 aliphatic carbocycles. The van der Waals surface area contributed by atoms with E-state index in [0.29, 0.717) is 18.7 Å². The fourth-order valence-electron chi connectivity index (χ4n) is 2.87. The number of benzene rings is 1. The normalized spacial score (nSPS) is 19.5. The van der Waals surface area contributed by atoms with E-state index in [-0.39, 0.29) is 18.4 Å². The third kappa shape index (κ3) is 4.48. The molecule has 0 radical (unpaired) electrons. The lowest BCUT2D eigenvalue weighted by Gasteiger charge is -2.37. The Morgan fingerprint density at radius 3 is 2.73 bits per heavy atom. The minimum absolute atomic E-state index is 0.0131. The number of carbonyl (C=O) groups excluding carboxylic acids is 1. The van der Waals surface area contributed by atoms with Crippen LogP contribution in [0, 0.1) is 0 Å². The number of likely N-dealkylation sites (tertiary alicyclic amines) is 1. The molecule has 2 atom stereocenters. The van der Waals surface area contributed by atoms with Gasteiger partial charge in [-0.3, -0.25) is 9.59 Å². The van der Waals surface area contributed by atoms with Gasteiger partial charge in [0.25, 0.3) is 5.91 Å². The third-order valence-electron chi connectivity index (χ3n) is 4.01. The molecule has 120 valence electrons. The van der Waals surface area contributed by atoms with Crippen molar-refractivity contribution >= 4 is 11.9 Å². The Kier molecular flexibility index (Phi) is 5.81. The standard InChI is InChI=1S/C17H23NO4/c1-13(22-15-8-3-2-4-9-15)17(21)18-12-6-5-7-14(18)10-11-16(19)20/h2-4,8-9,13-14H,5-7,10-12H2,1H3,(H,19,20)/t13-,14-/m0/s1. The van der Waals surface area contributed by atoms with Crippen LogP contribution in [0.2, 0.25) is 0 Å². The molecule has 0 bridgehead atoms. The summed E-state index contributed by atoms with van der Waals surface area (Å²) in [4.78, 5) is 25.2. The van der Waals surface area contributed by atoms with Crippen LogP contribution in [-0.4, -0.2) is 40.6 Å². The molecule has 0 unspecified atom stereocenters. The van der Waals surface area contributed by atoms with Crippen molar-refractivity contribution in [3.8, 4) is 5.75 Å². The lowest BCUT2D eigenvalue weighted by atomic mass is 9.97. The summed E-state index contributed by atoms with van der Waals surface area (Å²) in [6.07, 6.45) is 2.93. The van der Waals surface area contributed by atoms with Crippen molar-refractivity contribution < 1.29 is 19.4 Å². The lowest BCUT2D eigenvalue weighted by molar-refractivity contribution is -0.144. The Labute approximate surface area is 130 Å². The van der Waals surface area contributed by atoms with Crippen molar-refractivity contribution in [1.29, 1.82) is 0 Å². The average Bonchev–Trinajstić information content (AvgIpc) is 2.53. The van der Waals surface area contributed by atoms with Crippen LogP contribution in [0.4, 0.5) is 0 Å². The summed E-state index contributed by atoms with van der Waals surface area (Å²) >= 11 is 0. The van der Waals surface area contributed by atoms with Crippen LogP contribution in [0.5, 0.6) is 5.75 Å². The van der Waals surface area contributed by atoms with Crippen LogP contribution in [0.1, 0.15) is 39.0 Å². The molecule has 0 saturated carbocycles. The molecule has 2 rings (SSSR count). The fourth-order valence-corrected chi connectivity index (χ4v) is 2.87. The van der Waals surface area contributed by atoms with E-state index in [1.807, 2.05) is 30.3 Å². The predicted molar refractivity (Wildman–Crippen MR) is 82.8 cm³/mol. The van der Waals surface area contributed by atoms with Crippen LogP contribution in [0.3, 0.4) is 0 Å². The molecule has 5 nitrogen and oxygen atoms in total. The number of nitrogens with zero attached hydrogens (tertiary/aromatic N) is 1. The van der Waals surface area contributed by atoms with Gasteiger partial charge in [0.15, 0.2) is 6.10 Å². The van der Waals surface area contributed by atoms with Crippen LogP contribution in [0.25, 0.3) is 0 Å². The van der Waals surface area contributed by atoms with E-state index in [1.165, 1.54) is 0 Å². The molecule has 1 N–H and O–H groups in total. The maximum Gasteiger partial charge on any atom is 0.303 e. The van der Waals surface area contributed by atoms with Crippen LogP contribution < -0.4 is 4.74 Å². The van der Waals surface area contributed by atoms with Gasteiger partial charge in [-0.25, -0.2) is 0 Å². The van der Waals surface area contributed by atoms with Crippen LogP contribution in [-0.2, 0) is 9.59 Å². The van der Waals surface area contributed by atoms with Crippen molar-refractivity contribution in [1.82, 2.24) is 4.90 Å². The fraction of sp³-hybridized carbons (Fsp3) is 0.529. The number of para-hydroxylation sites is 1. The monoisotopic (exact) mass is 305 g/mol. The third-order valence-corrected chi connectivity index (χ3v) is 4.01. The number of carbonyl (C=O) groups is 2. The SMILES string of the molecule is C[C@H](Oc1ccccc1)C(=O)N1CCCC[C@H]1CCC(=O)O. The Hall–Kier alpha value is -2.04. The molecule has 1 aliphatic rings. The number of aliphatic carboxylic acids is 1. The highest BCUT2D eigenvalue weighted by molar-refractivity contribution is 5.81. The molecule has 0 aromatic heterocycles. The first-order valence-corrected chi connectivity index (χ1v) is 7.82. The van der Waals surface area contributed by atoms with Gasteiger partial charge in [0.1, 0.15) is 5.75 Å². The summed E-state index contributed by atoms with van der Waals surface area (Å²) in [6.45, 7) is 2.43. The van der Waals surface area contributed by atoms with Gasteiger partial charge in [-0.1, -0.05) is 18.2 Å². The van der Waals surface area contributed by atoms with Crippen LogP contribution >= 0.6 is 0 Å². The number of rotatable bonds is 6. The van der Waals surface area contributed by atoms with E-state index >= 15 is 0 Å². The quantitative estimate of drug-likeness (QED) is 0.877. The Morgan fingerprint density at radius 1 is 1.32 bits per heavy atom. The average molecular weight is 305 g/mol. The van der Waals surface area contributed by atoms with E-state index in [4.69, 9.17) is 9.84 Å². The molecule has 1 aromatic rings. The minimum Gasteiger partial charge on any atom is -0.481 e. The first-order chi connectivity index (χ1) is 10.6. The van der Waals surface area contributed by atoms with Gasteiger partial charge >= 0.3 is 5.97 Å². The Morgan fingerprint density at radius 2 is 2.05 bits per heavy atom. The van der Waals surface area contributed by atoms with Gasteiger partial charge < -0.3 is 14.7 Å². The van der Waals surface area contributed by atoms with Gasteiger partial charge in [-0.2, -0.15) is 0 Å². The maximum atomic E-state index is 12.6. The molecular formula is C17H23NO4. The molecule has 22 heavy (non-hydrogen) atoms. The number of amides is 1. The Bertz CT molecular complexity index is 503. The zero-order valence-electron chi connectivity index (χ0n) is 12.9. The molecule has 1 heterocycles. The number of hydrogen-bond acceptors (Lipinski definition) is 3. The number of ether oxygens (including phenoxy) is 1. The van der Waals surface area contributed by atoms with Gasteiger partial charge in [0, 0.05) is 19.0 Å². The van der Waals surface area contributed by atoms with Gasteiger partial charge in [0.2, 0.25) is 0 Å². The van der Waals surface area contributed by atoms with Gasteiger partial charge in [0.05, 0.1) is 0 Å². The molecule has 1 aliphatic heterocycles. The topological polar surface area (TPSA) is 66.8 Å². The molecule has 1 amide bonds. The van der Waals surface area contributed by atoms with Crippen molar-refractivity contribution in [2.24, 2.45) is 0 Å². The first-order valence-electron chi connectivity index (χ1n) is 7.82.